The Kier molecular flexibility index (Phi) is 2.23. The molecule has 0 radical (unpaired) electrons. The quantitative estimate of drug-likeness (QED) is 0.603. The second kappa shape index (κ2) is 3.70. The molecule has 8 heteroatoms. The van der Waals surface area contributed by atoms with Gasteiger partial charge >= 0.3 is 0 Å². The molecule has 0 bridgehead atoms. The van der Waals surface area contributed by atoms with Crippen molar-refractivity contribution in [1.82, 2.24) is 25.4 Å². The van der Waals surface area contributed by atoms with Crippen molar-refractivity contribution in [3.63, 3.8) is 0 Å². The van der Waals surface area contributed by atoms with E-state index in [-0.39, 0.29) is 11.5 Å². The Morgan fingerprint density at radius 3 is 2.93 bits per heavy atom. The lowest BCUT2D eigenvalue weighted by atomic mass is 10.4. The summed E-state index contributed by atoms with van der Waals surface area (Å²) in [4.78, 5) is 19.0. The highest BCUT2D eigenvalue weighted by atomic mass is 16.2. The monoisotopic (exact) mass is 205 g/mol. The van der Waals surface area contributed by atoms with E-state index in [1.54, 1.807) is 6.07 Å². The van der Waals surface area contributed by atoms with Crippen LogP contribution in [0.4, 0.5) is 11.6 Å². The zero-order valence-corrected chi connectivity index (χ0v) is 7.51. The van der Waals surface area contributed by atoms with Crippen molar-refractivity contribution >= 4 is 17.5 Å². The lowest BCUT2D eigenvalue weighted by Crippen LogP contribution is -2.15. The zero-order valence-electron chi connectivity index (χ0n) is 7.51. The molecule has 8 nitrogen and oxygen atoms in total. The van der Waals surface area contributed by atoms with E-state index in [2.05, 4.69) is 30.7 Å². The predicted octanol–water partition coefficient (Wildman–Crippen LogP) is -0.571. The molecule has 1 amide bonds. The summed E-state index contributed by atoms with van der Waals surface area (Å²) >= 11 is 0. The standard InChI is InChI=1S/C7H7N7O/c8-6-5(12-14-13-6)7(15)11-4-1-2-9-3-10-4/h1-3H,(H3,8,12,13,14)(H,9,10,11,15). The van der Waals surface area contributed by atoms with E-state index in [9.17, 15) is 4.79 Å². The van der Waals surface area contributed by atoms with Gasteiger partial charge < -0.3 is 11.1 Å². The third kappa shape index (κ3) is 1.88. The molecule has 0 fully saturated rings. The fourth-order valence-electron chi connectivity index (χ4n) is 0.946. The smallest absolute Gasteiger partial charge is 0.281 e. The number of H-pyrrole nitrogens is 1. The van der Waals surface area contributed by atoms with Gasteiger partial charge in [-0.15, -0.1) is 10.2 Å². The van der Waals surface area contributed by atoms with Gasteiger partial charge in [-0.1, -0.05) is 0 Å². The second-order valence-corrected chi connectivity index (χ2v) is 2.61. The number of nitrogens with two attached hydrogens (primary N) is 1. The first-order valence-corrected chi connectivity index (χ1v) is 4.01. The zero-order chi connectivity index (χ0) is 10.7. The molecule has 0 atom stereocenters. The van der Waals surface area contributed by atoms with Gasteiger partial charge in [-0.05, 0) is 6.07 Å². The molecule has 0 saturated heterocycles. The summed E-state index contributed by atoms with van der Waals surface area (Å²) in [6.07, 6.45) is 2.83. The number of aromatic nitrogens is 5. The third-order valence-electron chi connectivity index (χ3n) is 1.61. The van der Waals surface area contributed by atoms with Crippen LogP contribution < -0.4 is 11.1 Å². The van der Waals surface area contributed by atoms with E-state index < -0.39 is 5.91 Å². The van der Waals surface area contributed by atoms with Gasteiger partial charge in [0.15, 0.2) is 11.5 Å². The van der Waals surface area contributed by atoms with Crippen LogP contribution in [0.2, 0.25) is 0 Å². The highest BCUT2D eigenvalue weighted by Crippen LogP contribution is 2.06. The highest BCUT2D eigenvalue weighted by Gasteiger charge is 2.14. The molecule has 2 rings (SSSR count). The SMILES string of the molecule is Nc1n[nH]nc1C(=O)Nc1ccncn1. The largest absolute Gasteiger partial charge is 0.380 e. The number of carbonyl (C=O) groups is 1. The summed E-state index contributed by atoms with van der Waals surface area (Å²) in [6, 6.07) is 1.55. The Morgan fingerprint density at radius 1 is 1.47 bits per heavy atom. The number of carbonyl (C=O) groups excluding carboxylic acids is 1. The number of aromatic amines is 1. The lowest BCUT2D eigenvalue weighted by Gasteiger charge is -2.00. The Balaban J connectivity index is 2.15. The molecule has 2 aromatic heterocycles. The van der Waals surface area contributed by atoms with Crippen LogP contribution in [0.15, 0.2) is 18.6 Å². The normalized spacial score (nSPS) is 9.87. The van der Waals surface area contributed by atoms with E-state index in [1.165, 1.54) is 12.5 Å². The molecular weight excluding hydrogens is 198 g/mol. The van der Waals surface area contributed by atoms with Crippen LogP contribution in [-0.2, 0) is 0 Å². The van der Waals surface area contributed by atoms with Gasteiger partial charge in [0.1, 0.15) is 12.1 Å². The van der Waals surface area contributed by atoms with Crippen LogP contribution >= 0.6 is 0 Å². The van der Waals surface area contributed by atoms with Crippen molar-refractivity contribution in [2.45, 2.75) is 0 Å². The first kappa shape index (κ1) is 9.06. The Hall–Kier alpha value is -2.51. The second-order valence-electron chi connectivity index (χ2n) is 2.61. The minimum Gasteiger partial charge on any atom is -0.380 e. The molecule has 0 aliphatic carbocycles. The van der Waals surface area contributed by atoms with Gasteiger partial charge in [0.2, 0.25) is 0 Å². The fourth-order valence-corrected chi connectivity index (χ4v) is 0.946. The topological polar surface area (TPSA) is 122 Å². The molecule has 0 aliphatic heterocycles. The molecule has 76 valence electrons. The number of hydrogen-bond acceptors (Lipinski definition) is 6. The maximum Gasteiger partial charge on any atom is 0.281 e. The summed E-state index contributed by atoms with van der Waals surface area (Å²) in [5.41, 5.74) is 5.43. The van der Waals surface area contributed by atoms with Gasteiger partial charge in [-0.25, -0.2) is 9.97 Å². The summed E-state index contributed by atoms with van der Waals surface area (Å²) < 4.78 is 0. The molecule has 0 unspecified atom stereocenters. The van der Waals surface area contributed by atoms with Crippen molar-refractivity contribution in [2.75, 3.05) is 11.1 Å². The maximum absolute atomic E-state index is 11.5. The van der Waals surface area contributed by atoms with Crippen molar-refractivity contribution in [2.24, 2.45) is 0 Å². The minimum absolute atomic E-state index is 0.0358. The molecule has 0 saturated carbocycles. The number of amides is 1. The van der Waals surface area contributed by atoms with Gasteiger partial charge in [0.25, 0.3) is 5.91 Å². The molecule has 2 heterocycles. The first-order chi connectivity index (χ1) is 7.27. The number of anilines is 2. The van der Waals surface area contributed by atoms with Crippen LogP contribution in [0.1, 0.15) is 10.5 Å². The maximum atomic E-state index is 11.5. The number of nitrogens with one attached hydrogen (secondary N) is 2. The number of hydrogen-bond donors (Lipinski definition) is 3. The van der Waals surface area contributed by atoms with E-state index >= 15 is 0 Å². The van der Waals surface area contributed by atoms with Crippen molar-refractivity contribution in [3.8, 4) is 0 Å². The predicted molar refractivity (Wildman–Crippen MR) is 50.8 cm³/mol. The Bertz CT molecular complexity index is 465. The number of rotatable bonds is 2. The summed E-state index contributed by atoms with van der Waals surface area (Å²) in [6.45, 7) is 0. The van der Waals surface area contributed by atoms with E-state index in [0.717, 1.165) is 0 Å². The Morgan fingerprint density at radius 2 is 2.33 bits per heavy atom. The average molecular weight is 205 g/mol. The van der Waals surface area contributed by atoms with Gasteiger partial charge in [-0.3, -0.25) is 4.79 Å². The molecular formula is C7H7N7O. The van der Waals surface area contributed by atoms with Crippen molar-refractivity contribution < 1.29 is 4.79 Å². The molecule has 2 aromatic rings. The minimum atomic E-state index is -0.472. The van der Waals surface area contributed by atoms with E-state index in [1.807, 2.05) is 0 Å². The van der Waals surface area contributed by atoms with Crippen molar-refractivity contribution in [3.05, 3.63) is 24.3 Å². The van der Waals surface area contributed by atoms with Crippen LogP contribution in [0.25, 0.3) is 0 Å². The summed E-state index contributed by atoms with van der Waals surface area (Å²) in [7, 11) is 0. The third-order valence-corrected chi connectivity index (χ3v) is 1.61. The molecule has 0 spiro atoms. The van der Waals surface area contributed by atoms with Gasteiger partial charge in [0.05, 0.1) is 0 Å². The summed E-state index contributed by atoms with van der Waals surface area (Å²) in [5.74, 6) is -0.0566. The highest BCUT2D eigenvalue weighted by molar-refractivity contribution is 6.05. The average Bonchev–Trinajstić information content (AvgIpc) is 2.66. The molecule has 15 heavy (non-hydrogen) atoms. The fraction of sp³-hybridized carbons (Fsp3) is 0. The van der Waals surface area contributed by atoms with Crippen LogP contribution in [0.5, 0.6) is 0 Å². The molecule has 4 N–H and O–H groups in total. The van der Waals surface area contributed by atoms with Crippen molar-refractivity contribution in [1.29, 1.82) is 0 Å². The molecule has 0 aromatic carbocycles. The van der Waals surface area contributed by atoms with Crippen LogP contribution in [0, 0.1) is 0 Å². The van der Waals surface area contributed by atoms with E-state index in [4.69, 9.17) is 5.73 Å². The van der Waals surface area contributed by atoms with Crippen LogP contribution in [0.3, 0.4) is 0 Å². The van der Waals surface area contributed by atoms with E-state index in [0.29, 0.717) is 5.82 Å². The van der Waals surface area contributed by atoms with Gasteiger partial charge in [0, 0.05) is 6.20 Å². The Labute approximate surface area is 83.9 Å². The first-order valence-electron chi connectivity index (χ1n) is 4.01. The molecule has 0 aliphatic rings. The number of nitrogen functional groups attached to an aromatic ring is 1. The number of nitrogens with zero attached hydrogens (tertiary/aromatic N) is 4. The van der Waals surface area contributed by atoms with Crippen LogP contribution in [-0.4, -0.2) is 31.3 Å². The lowest BCUT2D eigenvalue weighted by molar-refractivity contribution is 0.102. The summed E-state index contributed by atoms with van der Waals surface area (Å²) in [5, 5.41) is 11.9. The van der Waals surface area contributed by atoms with Gasteiger partial charge in [-0.2, -0.15) is 5.21 Å².